The number of nitrogens with one attached hydrogen (secondary N) is 2. The molecule has 8 rings (SSSR count). The number of amides is 2. The van der Waals surface area contributed by atoms with E-state index < -0.39 is 37.1 Å². The van der Waals surface area contributed by atoms with E-state index in [4.69, 9.17) is 9.47 Å². The van der Waals surface area contributed by atoms with E-state index in [1.807, 2.05) is 13.8 Å². The van der Waals surface area contributed by atoms with Gasteiger partial charge in [-0.3, -0.25) is 9.59 Å². The first-order valence-electron chi connectivity index (χ1n) is 17.6. The van der Waals surface area contributed by atoms with Crippen molar-refractivity contribution in [2.75, 3.05) is 49.2 Å². The zero-order chi connectivity index (χ0) is 35.6. The Morgan fingerprint density at radius 3 is 1.44 bits per heavy atom. The first-order chi connectivity index (χ1) is 23.5. The minimum absolute atomic E-state index is 0.102. The molecule has 2 aliphatic carbocycles. The van der Waals surface area contributed by atoms with Gasteiger partial charge in [-0.2, -0.15) is 0 Å². The molecule has 2 unspecified atom stereocenters. The molecule has 10 nitrogen and oxygen atoms in total. The largest absolute Gasteiger partial charge is 0.371 e. The zero-order valence-corrected chi connectivity index (χ0v) is 29.1. The monoisotopic (exact) mass is 702 g/mol. The molecule has 0 radical (unpaired) electrons. The third kappa shape index (κ3) is 7.15. The van der Waals surface area contributed by atoms with Crippen LogP contribution in [0, 0.1) is 24.7 Å². The van der Waals surface area contributed by atoms with Gasteiger partial charge in [-0.15, -0.1) is 0 Å². The number of pyridine rings is 2. The predicted octanol–water partition coefficient (Wildman–Crippen LogP) is 5.33. The van der Waals surface area contributed by atoms with E-state index in [9.17, 15) is 27.2 Å². The highest BCUT2D eigenvalue weighted by Gasteiger charge is 2.49. The maximum Gasteiger partial charge on any atom is 0.290 e. The lowest BCUT2D eigenvalue weighted by molar-refractivity contribution is -0.149. The zero-order valence-electron chi connectivity index (χ0n) is 29.1. The summed E-state index contributed by atoms with van der Waals surface area (Å²) in [5.74, 6) is -5.04. The van der Waals surface area contributed by atoms with Gasteiger partial charge < -0.3 is 29.9 Å². The van der Waals surface area contributed by atoms with E-state index in [2.05, 4.69) is 34.4 Å². The fraction of sp³-hybridized carbons (Fsp3) is 0.667. The van der Waals surface area contributed by atoms with Gasteiger partial charge >= 0.3 is 0 Å². The van der Waals surface area contributed by atoms with Crippen molar-refractivity contribution in [3.63, 3.8) is 0 Å². The summed E-state index contributed by atoms with van der Waals surface area (Å²) >= 11 is 0. The summed E-state index contributed by atoms with van der Waals surface area (Å²) in [5.41, 5.74) is 4.05. The summed E-state index contributed by atoms with van der Waals surface area (Å²) in [7, 11) is 0. The number of piperidine rings is 2. The van der Waals surface area contributed by atoms with Crippen molar-refractivity contribution < 1.29 is 36.6 Å². The van der Waals surface area contributed by atoms with Gasteiger partial charge in [0.05, 0.1) is 61.9 Å². The summed E-state index contributed by atoms with van der Waals surface area (Å²) in [5, 5.41) is 5.43. The van der Waals surface area contributed by atoms with E-state index in [1.54, 1.807) is 21.9 Å². The van der Waals surface area contributed by atoms with E-state index in [1.165, 1.54) is 0 Å². The second kappa shape index (κ2) is 12.6. The van der Waals surface area contributed by atoms with E-state index in [0.717, 1.165) is 36.8 Å². The van der Waals surface area contributed by atoms with Crippen LogP contribution >= 0.6 is 0 Å². The molecular formula is C36H46F4N6O4. The molecule has 0 spiro atoms. The molecule has 0 bridgehead atoms. The first kappa shape index (κ1) is 34.9. The lowest BCUT2D eigenvalue weighted by Gasteiger charge is -2.39. The second-order valence-electron chi connectivity index (χ2n) is 15.8. The number of rotatable bonds is 8. The van der Waals surface area contributed by atoms with E-state index in [-0.39, 0.29) is 35.5 Å². The number of fused-ring (bicyclic) bond motifs is 2. The van der Waals surface area contributed by atoms with Crippen LogP contribution in [0.2, 0.25) is 0 Å². The number of aromatic nitrogens is 2. The molecule has 2 saturated heterocycles. The highest BCUT2D eigenvalue weighted by molar-refractivity contribution is 5.98. The van der Waals surface area contributed by atoms with Crippen LogP contribution in [-0.2, 0) is 22.6 Å². The predicted molar refractivity (Wildman–Crippen MR) is 178 cm³/mol. The van der Waals surface area contributed by atoms with Crippen molar-refractivity contribution >= 4 is 23.5 Å². The number of halogens is 4. The highest BCUT2D eigenvalue weighted by atomic mass is 19.3. The molecule has 0 aromatic carbocycles. The minimum atomic E-state index is -2.91. The molecule has 2 atom stereocenters. The van der Waals surface area contributed by atoms with Crippen LogP contribution in [0.1, 0.15) is 95.6 Å². The van der Waals surface area contributed by atoms with Gasteiger partial charge in [-0.1, -0.05) is 13.8 Å². The third-order valence-electron chi connectivity index (χ3n) is 11.0. The smallest absolute Gasteiger partial charge is 0.290 e. The van der Waals surface area contributed by atoms with Crippen molar-refractivity contribution in [3.8, 4) is 0 Å². The lowest BCUT2D eigenvalue weighted by atomic mass is 10.0. The molecule has 4 aliphatic heterocycles. The number of nitrogens with zero attached hydrogens (tertiary/aromatic N) is 4. The maximum atomic E-state index is 14.6. The summed E-state index contributed by atoms with van der Waals surface area (Å²) < 4.78 is 69.6. The number of hydrogen-bond acceptors (Lipinski definition) is 8. The van der Waals surface area contributed by atoms with Crippen LogP contribution in [0.25, 0.3) is 0 Å². The number of carbonyl (C=O) groups is 2. The Kier molecular flexibility index (Phi) is 8.80. The lowest BCUT2D eigenvalue weighted by Crippen LogP contribution is -2.53. The first-order valence-corrected chi connectivity index (χ1v) is 17.6. The van der Waals surface area contributed by atoms with Crippen molar-refractivity contribution in [1.29, 1.82) is 0 Å². The molecule has 2 aromatic heterocycles. The van der Waals surface area contributed by atoms with Gasteiger partial charge in [0.1, 0.15) is 23.8 Å². The van der Waals surface area contributed by atoms with Gasteiger partial charge in [0.25, 0.3) is 23.7 Å². The molecule has 2 aromatic rings. The number of aryl methyl sites for hydroxylation is 2. The molecule has 6 aliphatic rings. The Balaban J connectivity index is 0.000000157. The molecule has 2 amide bonds. The van der Waals surface area contributed by atoms with Gasteiger partial charge in [0, 0.05) is 13.1 Å². The van der Waals surface area contributed by atoms with Crippen LogP contribution in [0.5, 0.6) is 0 Å². The molecule has 2 N–H and O–H groups in total. The van der Waals surface area contributed by atoms with E-state index >= 15 is 0 Å². The van der Waals surface area contributed by atoms with Gasteiger partial charge in [-0.05, 0) is 86.5 Å². The van der Waals surface area contributed by atoms with Gasteiger partial charge in [0.15, 0.2) is 0 Å². The molecular weight excluding hydrogens is 656 g/mol. The van der Waals surface area contributed by atoms with Crippen LogP contribution in [-0.4, -0.2) is 85.2 Å². The van der Waals surface area contributed by atoms with Crippen molar-refractivity contribution in [2.24, 2.45) is 10.8 Å². The topological polar surface area (TPSA) is 109 Å². The molecule has 2 saturated carbocycles. The maximum absolute atomic E-state index is 14.6. The fourth-order valence-electron chi connectivity index (χ4n) is 7.03. The van der Waals surface area contributed by atoms with E-state index in [0.29, 0.717) is 73.5 Å². The Bertz CT molecular complexity index is 1560. The Hall–Kier alpha value is -3.52. The number of hydrogen-bond donors (Lipinski definition) is 2. The number of alkyl halides is 4. The highest BCUT2D eigenvalue weighted by Crippen LogP contribution is 2.47. The van der Waals surface area contributed by atoms with Crippen molar-refractivity contribution in [1.82, 2.24) is 20.6 Å². The minimum Gasteiger partial charge on any atom is -0.371 e. The van der Waals surface area contributed by atoms with Crippen LogP contribution in [0.3, 0.4) is 0 Å². The molecule has 272 valence electrons. The Morgan fingerprint density at radius 1 is 0.720 bits per heavy atom. The fourth-order valence-corrected chi connectivity index (χ4v) is 7.03. The van der Waals surface area contributed by atoms with Crippen LogP contribution in [0.15, 0.2) is 12.1 Å². The average molecular weight is 703 g/mol. The second-order valence-corrected chi connectivity index (χ2v) is 15.8. The number of anilines is 2. The number of ether oxygens (including phenoxy) is 2. The summed E-state index contributed by atoms with van der Waals surface area (Å²) in [6.45, 7) is 9.47. The Labute approximate surface area is 289 Å². The van der Waals surface area contributed by atoms with Crippen LogP contribution < -0.4 is 20.4 Å². The number of carbonyl (C=O) groups excluding carboxylic acids is 2. The standard InChI is InChI=1S/2C18H23F2N3O2/c2*1-11-7-12-13(8-21-16(12)24)22-15(11)23-6-3-14(18(19,20)9-23)25-10-17(2)4-5-17/h2*7,14H,3-6,8-10H2,1-2H3,(H,21,24). The average Bonchev–Trinajstić information content (AvgIpc) is 3.91. The SMILES string of the molecule is Cc1cc2c(nc1N1CCC(OCC3(C)CC3)C(F)(F)C1)CNC2=O.Cc1cc2c(nc1N1CCC(OCC3(C)CC3)C(F)(F)C1)CNC2=O. The molecule has 14 heteroatoms. The van der Waals surface area contributed by atoms with Gasteiger partial charge in [-0.25, -0.2) is 27.5 Å². The quantitative estimate of drug-likeness (QED) is 0.356. The summed E-state index contributed by atoms with van der Waals surface area (Å²) in [6.07, 6.45) is 2.73. The molecule has 4 fully saturated rings. The van der Waals surface area contributed by atoms with Crippen LogP contribution in [0.4, 0.5) is 29.2 Å². The molecule has 50 heavy (non-hydrogen) atoms. The van der Waals surface area contributed by atoms with Crippen molar-refractivity contribution in [2.45, 2.75) is 103 Å². The Morgan fingerprint density at radius 2 is 1.10 bits per heavy atom. The summed E-state index contributed by atoms with van der Waals surface area (Å²) in [4.78, 5) is 35.6. The van der Waals surface area contributed by atoms with Gasteiger partial charge in [0.2, 0.25) is 0 Å². The normalized spacial score (nSPS) is 26.3. The summed E-state index contributed by atoms with van der Waals surface area (Å²) in [6, 6.07) is 3.49. The molecule has 6 heterocycles. The third-order valence-corrected chi connectivity index (χ3v) is 11.0. The van der Waals surface area contributed by atoms with Crippen molar-refractivity contribution in [3.05, 3.63) is 45.8 Å².